The third kappa shape index (κ3) is 3.21. The van der Waals surface area contributed by atoms with E-state index in [0.717, 1.165) is 22.2 Å². The number of ketones is 1. The number of aliphatic hydroxyl groups is 1. The van der Waals surface area contributed by atoms with Crippen molar-refractivity contribution in [3.63, 3.8) is 0 Å². The van der Waals surface area contributed by atoms with Gasteiger partial charge in [0, 0.05) is 40.7 Å². The molecular weight excluding hydrogens is 484 g/mol. The molecule has 0 spiro atoms. The Morgan fingerprint density at radius 3 is 2.78 bits per heavy atom. The first-order valence-corrected chi connectivity index (χ1v) is 12.2. The predicted molar refractivity (Wildman–Crippen MR) is 132 cm³/mol. The Labute approximate surface area is 212 Å². The van der Waals surface area contributed by atoms with Crippen molar-refractivity contribution in [1.29, 1.82) is 0 Å². The number of rotatable bonds is 4. The van der Waals surface area contributed by atoms with Crippen molar-refractivity contribution in [3.05, 3.63) is 81.9 Å². The number of benzene rings is 1. The lowest BCUT2D eigenvalue weighted by Gasteiger charge is -2.55. The van der Waals surface area contributed by atoms with Gasteiger partial charge in [0.2, 0.25) is 0 Å². The molecule has 3 aliphatic heterocycles. The van der Waals surface area contributed by atoms with Crippen LogP contribution in [0.25, 0.3) is 10.9 Å². The highest BCUT2D eigenvalue weighted by Gasteiger charge is 2.61. The summed E-state index contributed by atoms with van der Waals surface area (Å²) in [5, 5.41) is 11.9. The molecule has 2 unspecified atom stereocenters. The van der Waals surface area contributed by atoms with Crippen LogP contribution >= 0.6 is 11.6 Å². The van der Waals surface area contributed by atoms with E-state index in [0.29, 0.717) is 18.0 Å². The van der Waals surface area contributed by atoms with E-state index in [9.17, 15) is 14.7 Å². The first kappa shape index (κ1) is 23.1. The second kappa shape index (κ2) is 8.37. The third-order valence-corrected chi connectivity index (χ3v) is 7.71. The number of fused-ring (bicyclic) bond motifs is 5. The highest BCUT2D eigenvalue weighted by atomic mass is 35.5. The average molecular weight is 509 g/mol. The molecule has 8 nitrogen and oxygen atoms in total. The van der Waals surface area contributed by atoms with Crippen LogP contribution in [0.5, 0.6) is 0 Å². The maximum Gasteiger partial charge on any atom is 0.336 e. The minimum absolute atomic E-state index is 0.0637. The number of allylic oxidation sites excluding steroid dienone is 6. The molecule has 6 rings (SSSR count). The first-order valence-electron chi connectivity index (χ1n) is 11.8. The van der Waals surface area contributed by atoms with Crippen molar-refractivity contribution in [2.45, 2.75) is 37.9 Å². The lowest BCUT2D eigenvalue weighted by atomic mass is 9.74. The molecule has 4 aliphatic rings. The van der Waals surface area contributed by atoms with Crippen LogP contribution in [-0.2, 0) is 35.8 Å². The van der Waals surface area contributed by atoms with Gasteiger partial charge >= 0.3 is 5.97 Å². The summed E-state index contributed by atoms with van der Waals surface area (Å²) in [7, 11) is 1.31. The molecule has 186 valence electrons. The fourth-order valence-electron chi connectivity index (χ4n) is 5.75. The summed E-state index contributed by atoms with van der Waals surface area (Å²) in [5.74, 6) is -1.83. The molecule has 1 aromatic carbocycles. The van der Waals surface area contributed by atoms with Gasteiger partial charge in [-0.1, -0.05) is 29.8 Å². The van der Waals surface area contributed by atoms with Crippen molar-refractivity contribution in [1.82, 2.24) is 9.88 Å². The van der Waals surface area contributed by atoms with Crippen molar-refractivity contribution < 1.29 is 28.9 Å². The zero-order valence-corrected chi connectivity index (χ0v) is 20.5. The number of hydrogen-bond donors (Lipinski definition) is 2. The van der Waals surface area contributed by atoms with Crippen LogP contribution in [0.2, 0.25) is 0 Å². The third-order valence-electron chi connectivity index (χ3n) is 7.42. The number of Topliss-reactive ketones (excluding diaryl/α,β-unsaturated/α-hetero) is 1. The summed E-state index contributed by atoms with van der Waals surface area (Å²) in [6, 6.07) is 7.96. The van der Waals surface area contributed by atoms with Gasteiger partial charge in [-0.2, -0.15) is 0 Å². The van der Waals surface area contributed by atoms with Gasteiger partial charge in [-0.05, 0) is 43.2 Å². The van der Waals surface area contributed by atoms with Crippen LogP contribution in [0.15, 0.2) is 70.6 Å². The monoisotopic (exact) mass is 508 g/mol. The summed E-state index contributed by atoms with van der Waals surface area (Å²) >= 11 is 6.17. The quantitative estimate of drug-likeness (QED) is 0.600. The Morgan fingerprint density at radius 1 is 1.25 bits per heavy atom. The number of halogens is 1. The number of carbonyl (C=O) groups excluding carboxylic acids is 2. The molecule has 2 atom stereocenters. The SMILES string of the molecule is COC(=O)C1=CC(C(=O)C2CC(Cl)=CC=C2O)=CN2CCc3c([nH]c4ccccc34)C12C1OC(C)O1. The number of methoxy groups -OCH3 is 1. The average Bonchev–Trinajstić information content (AvgIpc) is 3.26. The van der Waals surface area contributed by atoms with Gasteiger partial charge in [-0.15, -0.1) is 0 Å². The highest BCUT2D eigenvalue weighted by Crippen LogP contribution is 2.52. The topological polar surface area (TPSA) is 101 Å². The molecule has 0 amide bonds. The predicted octanol–water partition coefficient (Wildman–Crippen LogP) is 4.09. The molecule has 2 aromatic rings. The Balaban J connectivity index is 1.53. The minimum Gasteiger partial charge on any atom is -0.512 e. The molecule has 1 aliphatic carbocycles. The Kier molecular flexibility index (Phi) is 5.37. The maximum atomic E-state index is 13.6. The molecule has 1 fully saturated rings. The first-order chi connectivity index (χ1) is 17.3. The summed E-state index contributed by atoms with van der Waals surface area (Å²) < 4.78 is 17.3. The van der Waals surface area contributed by atoms with Gasteiger partial charge < -0.3 is 29.2 Å². The fourth-order valence-corrected chi connectivity index (χ4v) is 5.96. The van der Waals surface area contributed by atoms with E-state index < -0.39 is 30.0 Å². The van der Waals surface area contributed by atoms with E-state index in [1.54, 1.807) is 25.3 Å². The number of esters is 1. The summed E-state index contributed by atoms with van der Waals surface area (Å²) in [6.07, 6.45) is 5.90. The molecule has 1 aromatic heterocycles. The van der Waals surface area contributed by atoms with Gasteiger partial charge in [0.15, 0.2) is 23.9 Å². The van der Waals surface area contributed by atoms with Crippen LogP contribution < -0.4 is 0 Å². The van der Waals surface area contributed by atoms with Crippen LogP contribution in [0, 0.1) is 5.92 Å². The number of H-pyrrole nitrogens is 1. The Bertz CT molecular complexity index is 1410. The van der Waals surface area contributed by atoms with E-state index in [2.05, 4.69) is 4.98 Å². The lowest BCUT2D eigenvalue weighted by Crippen LogP contribution is -2.65. The van der Waals surface area contributed by atoms with Gasteiger partial charge in [0.05, 0.1) is 24.3 Å². The number of hydrogen-bond acceptors (Lipinski definition) is 7. The summed E-state index contributed by atoms with van der Waals surface area (Å²) in [5.41, 5.74) is 2.09. The van der Waals surface area contributed by atoms with Crippen molar-refractivity contribution in [2.24, 2.45) is 5.92 Å². The highest BCUT2D eigenvalue weighted by molar-refractivity contribution is 6.30. The molecule has 36 heavy (non-hydrogen) atoms. The second-order valence-electron chi connectivity index (χ2n) is 9.37. The number of para-hydroxylation sites is 1. The van der Waals surface area contributed by atoms with E-state index in [-0.39, 0.29) is 29.1 Å². The standard InChI is InChI=1S/C27H25ClN2O6/c1-14-35-26(36-14)27-20(25(33)34-2)11-15(23(32)19-12-16(28)7-8-22(19)31)13-30(27)10-9-18-17-5-3-4-6-21(17)29-24(18)27/h3-8,11,13-14,19,26,29,31H,9-10,12H2,1-2H3. The molecule has 2 N–H and O–H groups in total. The Morgan fingerprint density at radius 2 is 2.03 bits per heavy atom. The second-order valence-corrected chi connectivity index (χ2v) is 9.85. The molecule has 0 bridgehead atoms. The molecular formula is C27H25ClN2O6. The number of aliphatic hydroxyl groups excluding tert-OH is 1. The number of carbonyl (C=O) groups is 2. The van der Waals surface area contributed by atoms with Crippen molar-refractivity contribution in [2.75, 3.05) is 13.7 Å². The number of aromatic amines is 1. The van der Waals surface area contributed by atoms with E-state index in [1.165, 1.54) is 13.2 Å². The van der Waals surface area contributed by atoms with Crippen LogP contribution in [-0.4, -0.2) is 53.0 Å². The maximum absolute atomic E-state index is 13.6. The van der Waals surface area contributed by atoms with E-state index in [4.69, 9.17) is 25.8 Å². The zero-order chi connectivity index (χ0) is 25.2. The molecule has 0 saturated carbocycles. The van der Waals surface area contributed by atoms with Crippen LogP contribution in [0.3, 0.4) is 0 Å². The van der Waals surface area contributed by atoms with Gasteiger partial charge in [0.1, 0.15) is 5.76 Å². The van der Waals surface area contributed by atoms with Gasteiger partial charge in [0.25, 0.3) is 0 Å². The van der Waals surface area contributed by atoms with Crippen LogP contribution in [0.4, 0.5) is 0 Å². The summed E-state index contributed by atoms with van der Waals surface area (Å²) in [6.45, 7) is 2.29. The number of ether oxygens (including phenoxy) is 3. The molecule has 9 heteroatoms. The smallest absolute Gasteiger partial charge is 0.336 e. The van der Waals surface area contributed by atoms with Crippen molar-refractivity contribution in [3.8, 4) is 0 Å². The van der Waals surface area contributed by atoms with Crippen LogP contribution in [0.1, 0.15) is 24.6 Å². The normalized spacial score (nSPS) is 29.2. The van der Waals surface area contributed by atoms with E-state index in [1.807, 2.05) is 29.2 Å². The number of aromatic nitrogens is 1. The van der Waals surface area contributed by atoms with Crippen molar-refractivity contribution >= 4 is 34.3 Å². The van der Waals surface area contributed by atoms with Gasteiger partial charge in [-0.3, -0.25) is 4.79 Å². The summed E-state index contributed by atoms with van der Waals surface area (Å²) in [4.78, 5) is 32.4. The largest absolute Gasteiger partial charge is 0.512 e. The fraction of sp³-hybridized carbons (Fsp3) is 0.333. The molecule has 0 radical (unpaired) electrons. The lowest BCUT2D eigenvalue weighted by molar-refractivity contribution is -0.406. The number of nitrogens with zero attached hydrogens (tertiary/aromatic N) is 1. The van der Waals surface area contributed by atoms with Gasteiger partial charge in [-0.25, -0.2) is 4.79 Å². The molecule has 1 saturated heterocycles. The number of nitrogens with one attached hydrogen (secondary N) is 1. The molecule has 4 heterocycles. The van der Waals surface area contributed by atoms with E-state index >= 15 is 0 Å². The Hall–Kier alpha value is -3.33. The minimum atomic E-state index is -1.18. The zero-order valence-electron chi connectivity index (χ0n) is 19.8.